The number of azide groups is 1. The van der Waals surface area contributed by atoms with E-state index in [1.54, 1.807) is 0 Å². The lowest BCUT2D eigenvalue weighted by molar-refractivity contribution is -0.265. The van der Waals surface area contributed by atoms with Crippen LogP contribution >= 0.6 is 0 Å². The van der Waals surface area contributed by atoms with Crippen LogP contribution in [0.5, 0.6) is 0 Å². The Labute approximate surface area is 83.5 Å². The Balaban J connectivity index is 3.11. The highest BCUT2D eigenvalue weighted by Gasteiger charge is 2.57. The molecule has 1 saturated carbocycles. The van der Waals surface area contributed by atoms with Gasteiger partial charge in [0.15, 0.2) is 0 Å². The minimum Gasteiger partial charge on any atom is -0.387 e. The number of aliphatic hydroxyl groups is 6. The molecule has 15 heavy (non-hydrogen) atoms. The highest BCUT2D eigenvalue weighted by atomic mass is 16.4. The molecular weight excluding hydrogens is 210 g/mol. The number of aliphatic hydroxyl groups excluding tert-OH is 5. The highest BCUT2D eigenvalue weighted by molar-refractivity contribution is 5.07. The van der Waals surface area contributed by atoms with Crippen LogP contribution in [0.2, 0.25) is 0 Å². The lowest BCUT2D eigenvalue weighted by Crippen LogP contribution is -2.69. The van der Waals surface area contributed by atoms with Gasteiger partial charge in [0.25, 0.3) is 0 Å². The molecule has 0 amide bonds. The zero-order chi connectivity index (χ0) is 11.8. The van der Waals surface area contributed by atoms with E-state index in [0.29, 0.717) is 0 Å². The second kappa shape index (κ2) is 3.91. The third-order valence-electron chi connectivity index (χ3n) is 2.42. The molecule has 0 bridgehead atoms. The van der Waals surface area contributed by atoms with E-state index in [1.165, 1.54) is 0 Å². The maximum atomic E-state index is 9.52. The van der Waals surface area contributed by atoms with Crippen LogP contribution in [-0.4, -0.2) is 66.9 Å². The fourth-order valence-electron chi connectivity index (χ4n) is 1.44. The molecule has 0 aromatic rings. The highest BCUT2D eigenvalue weighted by Crippen LogP contribution is 2.31. The summed E-state index contributed by atoms with van der Waals surface area (Å²) >= 11 is 0. The molecule has 1 fully saturated rings. The first-order chi connectivity index (χ1) is 6.86. The summed E-state index contributed by atoms with van der Waals surface area (Å²) in [6.45, 7) is 0. The van der Waals surface area contributed by atoms with Crippen molar-refractivity contribution < 1.29 is 30.6 Å². The number of nitrogens with zero attached hydrogens (tertiary/aromatic N) is 3. The monoisotopic (exact) mass is 221 g/mol. The molecule has 6 atom stereocenters. The van der Waals surface area contributed by atoms with Gasteiger partial charge in [-0.15, -0.1) is 0 Å². The molecule has 9 heteroatoms. The average Bonchev–Trinajstić information content (AvgIpc) is 2.22. The maximum Gasteiger partial charge on any atom is 0.200 e. The van der Waals surface area contributed by atoms with Crippen LogP contribution in [0, 0.1) is 0 Å². The molecule has 0 aliphatic heterocycles. The number of rotatable bonds is 1. The van der Waals surface area contributed by atoms with Gasteiger partial charge >= 0.3 is 0 Å². The van der Waals surface area contributed by atoms with Gasteiger partial charge in [-0.2, -0.15) is 0 Å². The first-order valence-corrected chi connectivity index (χ1v) is 4.05. The smallest absolute Gasteiger partial charge is 0.200 e. The molecule has 0 aromatic carbocycles. The quantitative estimate of drug-likeness (QED) is 0.155. The fourth-order valence-corrected chi connectivity index (χ4v) is 1.44. The predicted molar refractivity (Wildman–Crippen MR) is 44.1 cm³/mol. The maximum absolute atomic E-state index is 9.52. The SMILES string of the molecule is [N-]=[N+]=N[C@@]1(O)[C@H](O)[C@@H](O)[C@H](O)[C@@H](O)[C@@H]1O. The van der Waals surface area contributed by atoms with Crippen molar-refractivity contribution in [3.8, 4) is 0 Å². The van der Waals surface area contributed by atoms with Crippen molar-refractivity contribution in [1.29, 1.82) is 0 Å². The Hall–Kier alpha value is -0.930. The molecule has 0 aromatic heterocycles. The summed E-state index contributed by atoms with van der Waals surface area (Å²) in [6.07, 6.45) is -9.90. The van der Waals surface area contributed by atoms with Gasteiger partial charge in [-0.25, -0.2) is 0 Å². The molecule has 0 spiro atoms. The van der Waals surface area contributed by atoms with E-state index >= 15 is 0 Å². The summed E-state index contributed by atoms with van der Waals surface area (Å²) in [5.74, 6) is 0. The van der Waals surface area contributed by atoms with E-state index in [0.717, 1.165) is 0 Å². The molecule has 0 unspecified atom stereocenters. The summed E-state index contributed by atoms with van der Waals surface area (Å²) in [7, 11) is 0. The van der Waals surface area contributed by atoms with Crippen LogP contribution in [0.25, 0.3) is 10.4 Å². The Morgan fingerprint density at radius 3 is 1.67 bits per heavy atom. The Bertz CT molecular complexity index is 277. The van der Waals surface area contributed by atoms with Gasteiger partial charge < -0.3 is 30.6 Å². The lowest BCUT2D eigenvalue weighted by Gasteiger charge is -2.44. The van der Waals surface area contributed by atoms with Crippen molar-refractivity contribution in [2.24, 2.45) is 5.11 Å². The van der Waals surface area contributed by atoms with Crippen LogP contribution in [0.15, 0.2) is 5.11 Å². The van der Waals surface area contributed by atoms with Crippen molar-refractivity contribution in [3.05, 3.63) is 10.4 Å². The second-order valence-electron chi connectivity index (χ2n) is 3.33. The minimum absolute atomic E-state index is 1.84. The molecule has 9 nitrogen and oxygen atoms in total. The number of hydrogen-bond acceptors (Lipinski definition) is 7. The average molecular weight is 221 g/mol. The summed E-state index contributed by atoms with van der Waals surface area (Å²) < 4.78 is 0. The minimum atomic E-state index is -2.77. The van der Waals surface area contributed by atoms with E-state index in [4.69, 9.17) is 10.6 Å². The molecular formula is C6H11N3O6. The van der Waals surface area contributed by atoms with Crippen molar-refractivity contribution in [1.82, 2.24) is 0 Å². The van der Waals surface area contributed by atoms with Crippen LogP contribution in [-0.2, 0) is 0 Å². The van der Waals surface area contributed by atoms with Crippen molar-refractivity contribution in [2.75, 3.05) is 0 Å². The van der Waals surface area contributed by atoms with Gasteiger partial charge in [-0.3, -0.25) is 0 Å². The summed E-state index contributed by atoms with van der Waals surface area (Å²) in [5.41, 5.74) is 5.34. The van der Waals surface area contributed by atoms with Crippen LogP contribution in [0.3, 0.4) is 0 Å². The first kappa shape index (κ1) is 12.1. The molecule has 6 N–H and O–H groups in total. The van der Waals surface area contributed by atoms with Gasteiger partial charge in [0.05, 0.1) is 0 Å². The number of hydrogen-bond donors (Lipinski definition) is 6. The topological polar surface area (TPSA) is 170 Å². The first-order valence-electron chi connectivity index (χ1n) is 4.05. The Morgan fingerprint density at radius 1 is 0.933 bits per heavy atom. The zero-order valence-electron chi connectivity index (χ0n) is 7.41. The van der Waals surface area contributed by atoms with Crippen molar-refractivity contribution in [3.63, 3.8) is 0 Å². The van der Waals surface area contributed by atoms with Crippen LogP contribution in [0.1, 0.15) is 0 Å². The van der Waals surface area contributed by atoms with Gasteiger partial charge in [-0.05, 0) is 5.53 Å². The van der Waals surface area contributed by atoms with Crippen LogP contribution < -0.4 is 0 Å². The predicted octanol–water partition coefficient (Wildman–Crippen LogP) is -3.20. The summed E-state index contributed by atoms with van der Waals surface area (Å²) in [5, 5.41) is 58.3. The van der Waals surface area contributed by atoms with Gasteiger partial charge in [0.2, 0.25) is 5.72 Å². The van der Waals surface area contributed by atoms with Crippen molar-refractivity contribution in [2.45, 2.75) is 36.2 Å². The largest absolute Gasteiger partial charge is 0.387 e. The van der Waals surface area contributed by atoms with E-state index in [2.05, 4.69) is 10.0 Å². The van der Waals surface area contributed by atoms with E-state index in [1.807, 2.05) is 0 Å². The normalized spacial score (nSPS) is 50.9. The second-order valence-corrected chi connectivity index (χ2v) is 3.33. The Morgan fingerprint density at radius 2 is 1.33 bits per heavy atom. The fraction of sp³-hybridized carbons (Fsp3) is 1.00. The summed E-state index contributed by atoms with van der Waals surface area (Å²) in [6, 6.07) is 0. The zero-order valence-corrected chi connectivity index (χ0v) is 7.41. The van der Waals surface area contributed by atoms with E-state index in [9.17, 15) is 25.5 Å². The lowest BCUT2D eigenvalue weighted by atomic mass is 9.80. The van der Waals surface area contributed by atoms with E-state index < -0.39 is 36.2 Å². The van der Waals surface area contributed by atoms with E-state index in [-0.39, 0.29) is 0 Å². The molecule has 1 rings (SSSR count). The molecule has 1 aliphatic rings. The summed E-state index contributed by atoms with van der Waals surface area (Å²) in [4.78, 5) is 2.18. The third kappa shape index (κ3) is 1.66. The van der Waals surface area contributed by atoms with Crippen LogP contribution in [0.4, 0.5) is 0 Å². The standard InChI is InChI=1S/C6H11N3O6/c7-9-8-6(15)4(13)2(11)1(10)3(12)5(6)14/h1-5,10-15H/t1-,2-,3+,4+,5-,6+. The molecule has 1 aliphatic carbocycles. The molecule has 86 valence electrons. The van der Waals surface area contributed by atoms with Gasteiger partial charge in [-0.1, -0.05) is 5.11 Å². The van der Waals surface area contributed by atoms with Crippen molar-refractivity contribution >= 4 is 0 Å². The molecule has 0 radical (unpaired) electrons. The Kier molecular flexibility index (Phi) is 3.16. The molecule has 0 saturated heterocycles. The molecule has 0 heterocycles. The third-order valence-corrected chi connectivity index (χ3v) is 2.42. The van der Waals surface area contributed by atoms with Gasteiger partial charge in [0, 0.05) is 4.91 Å². The van der Waals surface area contributed by atoms with Gasteiger partial charge in [0.1, 0.15) is 30.5 Å².